The van der Waals surface area contributed by atoms with Gasteiger partial charge in [0.1, 0.15) is 0 Å². The van der Waals surface area contributed by atoms with E-state index in [1.54, 1.807) is 42.5 Å². The van der Waals surface area contributed by atoms with E-state index >= 15 is 0 Å². The minimum atomic E-state index is -0.375. The molecule has 4 aromatic rings. The molecule has 1 saturated heterocycles. The van der Waals surface area contributed by atoms with Crippen molar-refractivity contribution in [2.45, 2.75) is 12.5 Å². The van der Waals surface area contributed by atoms with Crippen LogP contribution in [0.15, 0.2) is 103 Å². The maximum Gasteiger partial charge on any atom is 0.330 e. The van der Waals surface area contributed by atoms with Gasteiger partial charge in [0.15, 0.2) is 23.0 Å². The first-order valence-corrected chi connectivity index (χ1v) is 15.9. The van der Waals surface area contributed by atoms with Crippen molar-refractivity contribution in [1.82, 2.24) is 0 Å². The van der Waals surface area contributed by atoms with E-state index in [-0.39, 0.29) is 35.5 Å². The monoisotopic (exact) mass is 700 g/mol. The first-order valence-electron chi connectivity index (χ1n) is 15.9. The number of methoxy groups -OCH3 is 5. The van der Waals surface area contributed by atoms with Crippen molar-refractivity contribution in [3.63, 3.8) is 0 Å². The number of benzene rings is 4. The Morgan fingerprint density at radius 2 is 1.14 bits per heavy atom. The van der Waals surface area contributed by atoms with Crippen molar-refractivity contribution in [3.05, 3.63) is 120 Å². The Morgan fingerprint density at radius 3 is 1.61 bits per heavy atom. The Hall–Kier alpha value is -5.94. The Morgan fingerprint density at radius 1 is 0.667 bits per heavy atom. The van der Waals surface area contributed by atoms with E-state index in [9.17, 15) is 19.8 Å². The predicted octanol–water partition coefficient (Wildman–Crippen LogP) is 7.03. The standard InChI is InChI=1S/C22H24O6.C10H10O2.C8H10O3/c1-25-19-11-17(12-20(26-2)22(19)24)18-10-16(13-27-18)14-28-21(23)9-8-15-6-4-3-5-7-15;1-12-10(11)8-7-9-5-3-2-4-6-9;1-10-6-4-3-5-7(11-2)8(6)9/h3-9,11-12,16,18,24H,10,13-14H2,1-2H3;2-8H,1H3;3-5,9H,1-2H3/b9-8+;8-7+;/t16-,18?;;/m1../s1. The van der Waals surface area contributed by atoms with Gasteiger partial charge in [-0.05, 0) is 59.5 Å². The van der Waals surface area contributed by atoms with Crippen LogP contribution in [0.5, 0.6) is 34.5 Å². The zero-order chi connectivity index (χ0) is 37.0. The molecule has 0 radical (unpaired) electrons. The first kappa shape index (κ1) is 39.5. The molecule has 0 aliphatic carbocycles. The molecule has 0 bridgehead atoms. The molecule has 0 amide bonds. The van der Waals surface area contributed by atoms with E-state index in [1.165, 1.54) is 47.7 Å². The number of para-hydroxylation sites is 1. The third kappa shape index (κ3) is 12.8. The zero-order valence-corrected chi connectivity index (χ0v) is 29.3. The molecule has 1 fully saturated rings. The Balaban J connectivity index is 0.000000250. The average Bonchev–Trinajstić information content (AvgIpc) is 3.66. The molecule has 0 saturated carbocycles. The summed E-state index contributed by atoms with van der Waals surface area (Å²) < 4.78 is 35.7. The van der Waals surface area contributed by atoms with Crippen molar-refractivity contribution < 1.29 is 53.0 Å². The molecule has 1 aliphatic heterocycles. The lowest BCUT2D eigenvalue weighted by Crippen LogP contribution is -2.12. The molecule has 2 N–H and O–H groups in total. The van der Waals surface area contributed by atoms with E-state index in [0.717, 1.165) is 16.7 Å². The smallest absolute Gasteiger partial charge is 0.330 e. The van der Waals surface area contributed by atoms with Crippen LogP contribution in [0.3, 0.4) is 0 Å². The molecule has 4 aromatic carbocycles. The molecule has 1 aliphatic rings. The van der Waals surface area contributed by atoms with E-state index in [2.05, 4.69) is 4.74 Å². The number of ether oxygens (including phenoxy) is 7. The summed E-state index contributed by atoms with van der Waals surface area (Å²) in [5.74, 6) is 0.899. The molecular formula is C40H44O11. The van der Waals surface area contributed by atoms with Crippen LogP contribution in [0.1, 0.15) is 29.2 Å². The maximum atomic E-state index is 11.9. The highest BCUT2D eigenvalue weighted by Crippen LogP contribution is 2.42. The molecule has 1 unspecified atom stereocenters. The summed E-state index contributed by atoms with van der Waals surface area (Å²) in [5, 5.41) is 19.4. The lowest BCUT2D eigenvalue weighted by Gasteiger charge is -2.15. The van der Waals surface area contributed by atoms with Crippen molar-refractivity contribution in [2.75, 3.05) is 48.8 Å². The van der Waals surface area contributed by atoms with Crippen molar-refractivity contribution >= 4 is 24.1 Å². The lowest BCUT2D eigenvalue weighted by atomic mass is 10.0. The third-order valence-electron chi connectivity index (χ3n) is 7.44. The van der Waals surface area contributed by atoms with Crippen LogP contribution in [0.4, 0.5) is 0 Å². The maximum absolute atomic E-state index is 11.9. The molecule has 0 spiro atoms. The number of rotatable bonds is 11. The van der Waals surface area contributed by atoms with Crippen LogP contribution >= 0.6 is 0 Å². The van der Waals surface area contributed by atoms with Gasteiger partial charge < -0.3 is 43.4 Å². The number of carbonyl (C=O) groups excluding carboxylic acids is 2. The topological polar surface area (TPSA) is 139 Å². The second-order valence-electron chi connectivity index (χ2n) is 10.9. The lowest BCUT2D eigenvalue weighted by molar-refractivity contribution is -0.139. The predicted molar refractivity (Wildman–Crippen MR) is 193 cm³/mol. The van der Waals surface area contributed by atoms with Crippen LogP contribution < -0.4 is 18.9 Å². The number of phenolic OH excluding ortho intramolecular Hbond substituents is 2. The van der Waals surface area contributed by atoms with Crippen LogP contribution in [0.2, 0.25) is 0 Å². The van der Waals surface area contributed by atoms with E-state index < -0.39 is 0 Å². The molecule has 11 nitrogen and oxygen atoms in total. The van der Waals surface area contributed by atoms with Gasteiger partial charge >= 0.3 is 11.9 Å². The number of esters is 2. The van der Waals surface area contributed by atoms with Gasteiger partial charge in [0, 0.05) is 18.1 Å². The Kier molecular flexibility index (Phi) is 16.4. The number of hydrogen-bond donors (Lipinski definition) is 2. The Labute approximate surface area is 298 Å². The van der Waals surface area contributed by atoms with Crippen molar-refractivity contribution in [1.29, 1.82) is 0 Å². The quantitative estimate of drug-likeness (QED) is 0.123. The molecule has 5 rings (SSSR count). The fraction of sp³-hybridized carbons (Fsp3) is 0.250. The third-order valence-corrected chi connectivity index (χ3v) is 7.44. The highest BCUT2D eigenvalue weighted by atomic mass is 16.5. The van der Waals surface area contributed by atoms with Gasteiger partial charge in [-0.2, -0.15) is 0 Å². The van der Waals surface area contributed by atoms with Gasteiger partial charge in [-0.1, -0.05) is 66.7 Å². The van der Waals surface area contributed by atoms with Crippen LogP contribution in [0, 0.1) is 5.92 Å². The molecule has 1 heterocycles. The summed E-state index contributed by atoms with van der Waals surface area (Å²) in [6.45, 7) is 0.784. The van der Waals surface area contributed by atoms with Crippen LogP contribution in [-0.2, 0) is 23.8 Å². The van der Waals surface area contributed by atoms with Crippen molar-refractivity contribution in [3.8, 4) is 34.5 Å². The molecule has 11 heteroatoms. The SMILES string of the molecule is COC(=O)/C=C/c1ccccc1.COc1cc(C2C[C@@H](COC(=O)/C=C/c3ccccc3)CO2)cc(OC)c1O.COc1cccc(OC)c1O. The summed E-state index contributed by atoms with van der Waals surface area (Å²) in [7, 11) is 7.32. The first-order chi connectivity index (χ1) is 24.7. The van der Waals surface area contributed by atoms with Gasteiger partial charge in [-0.25, -0.2) is 9.59 Å². The molecular weight excluding hydrogens is 656 g/mol. The van der Waals surface area contributed by atoms with Crippen molar-refractivity contribution in [2.24, 2.45) is 5.92 Å². The van der Waals surface area contributed by atoms with E-state index in [0.29, 0.717) is 42.6 Å². The molecule has 2 atom stereocenters. The second kappa shape index (κ2) is 21.2. The van der Waals surface area contributed by atoms with Gasteiger partial charge in [0.05, 0.1) is 54.9 Å². The molecule has 51 heavy (non-hydrogen) atoms. The summed E-state index contributed by atoms with van der Waals surface area (Å²) in [6.07, 6.45) is 6.80. The summed E-state index contributed by atoms with van der Waals surface area (Å²) in [4.78, 5) is 22.6. The largest absolute Gasteiger partial charge is 0.502 e. The molecule has 0 aromatic heterocycles. The average molecular weight is 701 g/mol. The second-order valence-corrected chi connectivity index (χ2v) is 10.9. The highest BCUT2D eigenvalue weighted by molar-refractivity contribution is 5.87. The number of carbonyl (C=O) groups is 2. The summed E-state index contributed by atoms with van der Waals surface area (Å²) in [6, 6.07) is 27.7. The highest BCUT2D eigenvalue weighted by Gasteiger charge is 2.29. The minimum Gasteiger partial charge on any atom is -0.502 e. The van der Waals surface area contributed by atoms with Crippen LogP contribution in [0.25, 0.3) is 12.2 Å². The van der Waals surface area contributed by atoms with Gasteiger partial charge in [-0.3, -0.25) is 0 Å². The van der Waals surface area contributed by atoms with Gasteiger partial charge in [-0.15, -0.1) is 0 Å². The van der Waals surface area contributed by atoms with Crippen LogP contribution in [-0.4, -0.2) is 70.9 Å². The normalized spacial score (nSPS) is 14.8. The fourth-order valence-electron chi connectivity index (χ4n) is 4.74. The number of phenols is 2. The number of hydrogen-bond acceptors (Lipinski definition) is 11. The van der Waals surface area contributed by atoms with Gasteiger partial charge in [0.2, 0.25) is 11.5 Å². The minimum absolute atomic E-state index is 0.0394. The Bertz CT molecular complexity index is 1670. The number of aromatic hydroxyl groups is 2. The zero-order valence-electron chi connectivity index (χ0n) is 29.3. The van der Waals surface area contributed by atoms with E-state index in [4.69, 9.17) is 28.4 Å². The summed E-state index contributed by atoms with van der Waals surface area (Å²) >= 11 is 0. The van der Waals surface area contributed by atoms with Gasteiger partial charge in [0.25, 0.3) is 0 Å². The fourth-order valence-corrected chi connectivity index (χ4v) is 4.74. The molecule has 270 valence electrons. The summed E-state index contributed by atoms with van der Waals surface area (Å²) in [5.41, 5.74) is 2.78. The van der Waals surface area contributed by atoms with E-state index in [1.807, 2.05) is 60.7 Å².